The van der Waals surface area contributed by atoms with Crippen LogP contribution in [0, 0.1) is 0 Å². The molecular formula is C13H18NO6P. The molecule has 2 N–H and O–H groups in total. The zero-order valence-electron chi connectivity index (χ0n) is 11.4. The van der Waals surface area contributed by atoms with Crippen LogP contribution in [0.1, 0.15) is 18.4 Å². The quantitative estimate of drug-likeness (QED) is 0.181. The van der Waals surface area contributed by atoms with Crippen molar-refractivity contribution in [3.05, 3.63) is 35.9 Å². The Morgan fingerprint density at radius 1 is 1.19 bits per heavy atom. The van der Waals surface area contributed by atoms with E-state index in [4.69, 9.17) is 14.7 Å². The number of ether oxygens (including phenoxy) is 2. The number of esters is 1. The number of alkyl carbamates (subject to hydrolysis) is 1. The normalized spacial score (nSPS) is 10.5. The van der Waals surface area contributed by atoms with E-state index in [1.165, 1.54) is 0 Å². The highest BCUT2D eigenvalue weighted by Gasteiger charge is 2.05. The van der Waals surface area contributed by atoms with Gasteiger partial charge in [-0.2, -0.15) is 0 Å². The van der Waals surface area contributed by atoms with Gasteiger partial charge in [-0.15, -0.1) is 0 Å². The number of rotatable bonds is 9. The first-order chi connectivity index (χ1) is 10.2. The Bertz CT molecular complexity index is 428. The van der Waals surface area contributed by atoms with Crippen LogP contribution in [0.4, 0.5) is 4.79 Å². The van der Waals surface area contributed by atoms with Crippen LogP contribution in [0.2, 0.25) is 0 Å². The zero-order valence-corrected chi connectivity index (χ0v) is 12.4. The fraction of sp³-hybridized carbons (Fsp3) is 0.385. The molecule has 0 bridgehead atoms. The highest BCUT2D eigenvalue weighted by molar-refractivity contribution is 7.32. The Kier molecular flexibility index (Phi) is 9.11. The van der Waals surface area contributed by atoms with Gasteiger partial charge in [0.05, 0.1) is 8.81 Å². The molecule has 0 heterocycles. The summed E-state index contributed by atoms with van der Waals surface area (Å²) in [5.74, 6) is -0.430. The van der Waals surface area contributed by atoms with Crippen molar-refractivity contribution in [2.75, 3.05) is 12.9 Å². The Hall–Kier alpha value is -1.69. The van der Waals surface area contributed by atoms with Crippen molar-refractivity contribution in [2.24, 2.45) is 0 Å². The van der Waals surface area contributed by atoms with Gasteiger partial charge in [-0.3, -0.25) is 10.1 Å². The molecule has 21 heavy (non-hydrogen) atoms. The highest BCUT2D eigenvalue weighted by atomic mass is 31.1. The summed E-state index contributed by atoms with van der Waals surface area (Å²) in [7, 11) is -0.0432. The van der Waals surface area contributed by atoms with Gasteiger partial charge in [0, 0.05) is 6.42 Å². The van der Waals surface area contributed by atoms with Gasteiger partial charge in [-0.25, -0.2) is 14.7 Å². The lowest BCUT2D eigenvalue weighted by atomic mass is 10.2. The van der Waals surface area contributed by atoms with Crippen LogP contribution in [0.15, 0.2) is 30.3 Å². The number of hydrogen-bond acceptors (Lipinski definition) is 6. The number of carbonyl (C=O) groups excluding carboxylic acids is 2. The molecule has 1 atom stereocenters. The lowest BCUT2D eigenvalue weighted by molar-refractivity contribution is -0.144. The predicted octanol–water partition coefficient (Wildman–Crippen LogP) is 2.28. The number of hydrogen-bond donors (Lipinski definition) is 2. The smallest absolute Gasteiger partial charge is 0.410 e. The van der Waals surface area contributed by atoms with Gasteiger partial charge in [0.1, 0.15) is 6.61 Å². The second-order valence-corrected chi connectivity index (χ2v) is 4.96. The van der Waals surface area contributed by atoms with Crippen LogP contribution < -0.4 is 5.32 Å². The molecule has 1 amide bonds. The Balaban J connectivity index is 2.04. The second kappa shape index (κ2) is 11.0. The molecule has 1 rings (SSSR count). The van der Waals surface area contributed by atoms with Crippen molar-refractivity contribution in [3.63, 3.8) is 0 Å². The molecule has 0 aliphatic rings. The van der Waals surface area contributed by atoms with Crippen LogP contribution in [-0.2, 0) is 25.5 Å². The lowest BCUT2D eigenvalue weighted by Gasteiger charge is -2.08. The highest BCUT2D eigenvalue weighted by Crippen LogP contribution is 2.11. The lowest BCUT2D eigenvalue weighted by Crippen LogP contribution is -2.28. The number of carbonyl (C=O) groups is 2. The summed E-state index contributed by atoms with van der Waals surface area (Å²) in [5.41, 5.74) is 0.872. The molecular weight excluding hydrogens is 297 g/mol. The van der Waals surface area contributed by atoms with E-state index in [9.17, 15) is 9.59 Å². The minimum Gasteiger partial charge on any atom is -0.445 e. The summed E-state index contributed by atoms with van der Waals surface area (Å²) in [4.78, 5) is 22.6. The number of benzene rings is 1. The summed E-state index contributed by atoms with van der Waals surface area (Å²) in [6, 6.07) is 9.24. The molecule has 8 heteroatoms. The fourth-order valence-corrected chi connectivity index (χ4v) is 1.78. The van der Waals surface area contributed by atoms with Crippen molar-refractivity contribution in [1.82, 2.24) is 5.32 Å². The number of amides is 1. The molecule has 1 aromatic carbocycles. The topological polar surface area (TPSA) is 94.1 Å². The monoisotopic (exact) mass is 315 g/mol. The molecule has 0 spiro atoms. The average molecular weight is 315 g/mol. The minimum atomic E-state index is -0.651. The van der Waals surface area contributed by atoms with Gasteiger partial charge in [0.25, 0.3) is 0 Å². The summed E-state index contributed by atoms with van der Waals surface area (Å²) < 4.78 is 13.6. The molecule has 0 fully saturated rings. The Labute approximate surface area is 124 Å². The maximum atomic E-state index is 11.3. The van der Waals surface area contributed by atoms with Gasteiger partial charge in [0.15, 0.2) is 6.73 Å². The van der Waals surface area contributed by atoms with Crippen molar-refractivity contribution in [3.8, 4) is 0 Å². The van der Waals surface area contributed by atoms with Gasteiger partial charge in [0.2, 0.25) is 0 Å². The van der Waals surface area contributed by atoms with Crippen LogP contribution in [0.25, 0.3) is 0 Å². The van der Waals surface area contributed by atoms with E-state index < -0.39 is 12.1 Å². The van der Waals surface area contributed by atoms with E-state index in [0.717, 1.165) is 5.56 Å². The molecule has 0 aromatic heterocycles. The standard InChI is InChI=1S/C13H18NO6P/c15-12(7-4-8-21-20-17)19-10-14-13(16)18-9-11-5-2-1-3-6-11/h1-3,5-6,17,21H,4,7-10H2,(H,14,16). The number of nitrogens with one attached hydrogen (secondary N) is 1. The Morgan fingerprint density at radius 2 is 1.95 bits per heavy atom. The summed E-state index contributed by atoms with van der Waals surface area (Å²) in [6.07, 6.45) is 0.688. The van der Waals surface area contributed by atoms with E-state index in [-0.39, 0.29) is 28.6 Å². The van der Waals surface area contributed by atoms with Crippen molar-refractivity contribution < 1.29 is 29.0 Å². The molecule has 1 aromatic rings. The average Bonchev–Trinajstić information content (AvgIpc) is 2.50. The Morgan fingerprint density at radius 3 is 2.67 bits per heavy atom. The largest absolute Gasteiger partial charge is 0.445 e. The van der Waals surface area contributed by atoms with Gasteiger partial charge >= 0.3 is 12.1 Å². The van der Waals surface area contributed by atoms with Gasteiger partial charge in [-0.1, -0.05) is 30.3 Å². The van der Waals surface area contributed by atoms with Crippen molar-refractivity contribution >= 4 is 20.9 Å². The fourth-order valence-electron chi connectivity index (χ4n) is 1.37. The molecule has 0 saturated carbocycles. The molecule has 0 aliphatic heterocycles. The first-order valence-electron chi connectivity index (χ1n) is 6.36. The van der Waals surface area contributed by atoms with Gasteiger partial charge in [-0.05, 0) is 18.1 Å². The van der Waals surface area contributed by atoms with Crippen molar-refractivity contribution in [2.45, 2.75) is 19.4 Å². The molecule has 116 valence electrons. The summed E-state index contributed by atoms with van der Waals surface area (Å²) in [6.45, 7) is -0.0754. The first kappa shape index (κ1) is 17.4. The molecule has 7 nitrogen and oxygen atoms in total. The third kappa shape index (κ3) is 8.96. The second-order valence-electron chi connectivity index (χ2n) is 3.99. The molecule has 0 saturated heterocycles. The van der Waals surface area contributed by atoms with Gasteiger partial charge < -0.3 is 9.47 Å². The molecule has 1 unspecified atom stereocenters. The summed E-state index contributed by atoms with van der Waals surface area (Å²) in [5, 5.41) is 10.4. The maximum absolute atomic E-state index is 11.3. The van der Waals surface area contributed by atoms with Crippen LogP contribution in [-0.4, -0.2) is 30.2 Å². The van der Waals surface area contributed by atoms with E-state index in [1.54, 1.807) is 0 Å². The SMILES string of the molecule is O=C(CCCPOO)OCNC(=O)OCc1ccccc1. The van der Waals surface area contributed by atoms with Crippen molar-refractivity contribution in [1.29, 1.82) is 0 Å². The van der Waals surface area contributed by atoms with E-state index in [2.05, 4.69) is 9.99 Å². The molecule has 0 radical (unpaired) electrons. The first-order valence-corrected chi connectivity index (χ1v) is 7.47. The van der Waals surface area contributed by atoms with E-state index in [0.29, 0.717) is 12.6 Å². The van der Waals surface area contributed by atoms with Crippen LogP contribution in [0.3, 0.4) is 0 Å². The predicted molar refractivity (Wildman–Crippen MR) is 76.9 cm³/mol. The van der Waals surface area contributed by atoms with E-state index in [1.807, 2.05) is 30.3 Å². The van der Waals surface area contributed by atoms with Crippen LogP contribution in [0.5, 0.6) is 0 Å². The third-order valence-electron chi connectivity index (χ3n) is 2.39. The molecule has 0 aliphatic carbocycles. The van der Waals surface area contributed by atoms with Crippen LogP contribution >= 0.6 is 8.81 Å². The zero-order chi connectivity index (χ0) is 15.3. The summed E-state index contributed by atoms with van der Waals surface area (Å²) >= 11 is 0. The minimum absolute atomic E-state index is 0.0432. The third-order valence-corrected chi connectivity index (χ3v) is 3.07. The van der Waals surface area contributed by atoms with E-state index >= 15 is 0 Å². The maximum Gasteiger partial charge on any atom is 0.410 e.